The summed E-state index contributed by atoms with van der Waals surface area (Å²) in [6.45, 7) is 0. The highest BCUT2D eigenvalue weighted by atomic mass is 32.1. The summed E-state index contributed by atoms with van der Waals surface area (Å²) in [5, 5.41) is 11.1. The van der Waals surface area contributed by atoms with E-state index in [0.29, 0.717) is 12.8 Å². The highest BCUT2D eigenvalue weighted by Crippen LogP contribution is 2.37. The average molecular weight is 239 g/mol. The Bertz CT molecular complexity index is 401. The molecular weight excluding hydrogens is 226 g/mol. The second-order valence-corrected chi connectivity index (χ2v) is 4.93. The number of rotatable bonds is 2. The van der Waals surface area contributed by atoms with Crippen molar-refractivity contribution in [3.05, 3.63) is 22.4 Å². The van der Waals surface area contributed by atoms with Crippen LogP contribution in [0.5, 0.6) is 0 Å². The number of hydrogen-bond acceptors (Lipinski definition) is 3. The predicted octanol–water partition coefficient (Wildman–Crippen LogP) is 1.74. The Morgan fingerprint density at radius 2 is 2.38 bits per heavy atom. The molecule has 0 radical (unpaired) electrons. The van der Waals surface area contributed by atoms with Crippen LogP contribution in [0.4, 0.5) is 0 Å². The van der Waals surface area contributed by atoms with Crippen molar-refractivity contribution in [3.8, 4) is 0 Å². The van der Waals surface area contributed by atoms with Gasteiger partial charge in [-0.25, -0.2) is 0 Å². The normalized spacial score (nSPS) is 25.8. The Kier molecular flexibility index (Phi) is 2.96. The summed E-state index contributed by atoms with van der Waals surface area (Å²) in [6, 6.07) is 3.46. The fourth-order valence-corrected chi connectivity index (χ4v) is 3.08. The van der Waals surface area contributed by atoms with Crippen LogP contribution in [0.2, 0.25) is 0 Å². The zero-order valence-electron chi connectivity index (χ0n) is 8.92. The molecule has 0 saturated carbocycles. The van der Waals surface area contributed by atoms with E-state index in [1.54, 1.807) is 11.9 Å². The van der Waals surface area contributed by atoms with Crippen molar-refractivity contribution in [1.82, 2.24) is 4.90 Å². The number of carboxylic acids is 1. The molecule has 16 heavy (non-hydrogen) atoms. The van der Waals surface area contributed by atoms with Crippen LogP contribution in [0.25, 0.3) is 0 Å². The minimum absolute atomic E-state index is 0.0240. The molecular formula is C11H13NO3S. The van der Waals surface area contributed by atoms with E-state index in [0.717, 1.165) is 4.88 Å². The highest BCUT2D eigenvalue weighted by molar-refractivity contribution is 7.10. The van der Waals surface area contributed by atoms with Crippen LogP contribution in [-0.4, -0.2) is 28.9 Å². The Morgan fingerprint density at radius 1 is 1.62 bits per heavy atom. The summed E-state index contributed by atoms with van der Waals surface area (Å²) in [6.07, 6.45) is 0.760. The summed E-state index contributed by atoms with van der Waals surface area (Å²) >= 11 is 1.50. The molecule has 2 atom stereocenters. The SMILES string of the molecule is CN1C(=O)CC[C@@H](C(=O)O)[C@H]1c1cccs1. The average Bonchev–Trinajstić information content (AvgIpc) is 2.74. The van der Waals surface area contributed by atoms with Crippen molar-refractivity contribution >= 4 is 23.2 Å². The number of piperidine rings is 1. The van der Waals surface area contributed by atoms with Gasteiger partial charge in [0.05, 0.1) is 12.0 Å². The van der Waals surface area contributed by atoms with Gasteiger partial charge in [0.25, 0.3) is 0 Å². The van der Waals surface area contributed by atoms with E-state index >= 15 is 0 Å². The number of thiophene rings is 1. The molecule has 1 fully saturated rings. The second kappa shape index (κ2) is 4.25. The van der Waals surface area contributed by atoms with Gasteiger partial charge in [-0.05, 0) is 17.9 Å². The number of nitrogens with zero attached hydrogens (tertiary/aromatic N) is 1. The van der Waals surface area contributed by atoms with E-state index in [1.165, 1.54) is 11.3 Å². The highest BCUT2D eigenvalue weighted by Gasteiger charge is 2.39. The van der Waals surface area contributed by atoms with E-state index in [4.69, 9.17) is 0 Å². The molecule has 1 aliphatic heterocycles. The van der Waals surface area contributed by atoms with E-state index in [1.807, 2.05) is 17.5 Å². The van der Waals surface area contributed by atoms with Gasteiger partial charge in [-0.1, -0.05) is 6.07 Å². The van der Waals surface area contributed by atoms with Crippen LogP contribution in [0, 0.1) is 5.92 Å². The molecule has 4 nitrogen and oxygen atoms in total. The first-order chi connectivity index (χ1) is 7.61. The Balaban J connectivity index is 2.34. The fourth-order valence-electron chi connectivity index (χ4n) is 2.15. The van der Waals surface area contributed by atoms with Crippen LogP contribution in [0.15, 0.2) is 17.5 Å². The summed E-state index contributed by atoms with van der Waals surface area (Å²) in [7, 11) is 1.68. The van der Waals surface area contributed by atoms with Crippen molar-refractivity contribution < 1.29 is 14.7 Å². The van der Waals surface area contributed by atoms with Crippen LogP contribution >= 0.6 is 11.3 Å². The molecule has 0 unspecified atom stereocenters. The monoisotopic (exact) mass is 239 g/mol. The van der Waals surface area contributed by atoms with Crippen molar-refractivity contribution in [1.29, 1.82) is 0 Å². The number of carboxylic acid groups (broad SMARTS) is 1. The summed E-state index contributed by atoms with van der Waals surface area (Å²) in [5.41, 5.74) is 0. The van der Waals surface area contributed by atoms with Crippen LogP contribution in [0.1, 0.15) is 23.8 Å². The lowest BCUT2D eigenvalue weighted by Crippen LogP contribution is -2.42. The third-order valence-electron chi connectivity index (χ3n) is 3.01. The molecule has 0 aliphatic carbocycles. The van der Waals surface area contributed by atoms with Gasteiger partial charge in [0, 0.05) is 18.3 Å². The quantitative estimate of drug-likeness (QED) is 0.855. The number of likely N-dealkylation sites (tertiary alicyclic amines) is 1. The van der Waals surface area contributed by atoms with Crippen molar-refractivity contribution in [2.75, 3.05) is 7.05 Å². The minimum Gasteiger partial charge on any atom is -0.481 e. The van der Waals surface area contributed by atoms with Gasteiger partial charge < -0.3 is 10.0 Å². The molecule has 2 rings (SSSR count). The Morgan fingerprint density at radius 3 is 2.94 bits per heavy atom. The number of aliphatic carboxylic acids is 1. The third-order valence-corrected chi connectivity index (χ3v) is 3.96. The van der Waals surface area contributed by atoms with Crippen LogP contribution in [0.3, 0.4) is 0 Å². The molecule has 1 aliphatic rings. The molecule has 0 aromatic carbocycles. The topological polar surface area (TPSA) is 57.6 Å². The van der Waals surface area contributed by atoms with E-state index in [9.17, 15) is 14.7 Å². The van der Waals surface area contributed by atoms with Crippen molar-refractivity contribution in [3.63, 3.8) is 0 Å². The summed E-state index contributed by atoms with van der Waals surface area (Å²) < 4.78 is 0. The lowest BCUT2D eigenvalue weighted by atomic mass is 9.88. The number of hydrogen-bond donors (Lipinski definition) is 1. The second-order valence-electron chi connectivity index (χ2n) is 3.95. The zero-order chi connectivity index (χ0) is 11.7. The molecule has 1 N–H and O–H groups in total. The standard InChI is InChI=1S/C11H13NO3S/c1-12-9(13)5-4-7(11(14)15)10(12)8-3-2-6-16-8/h2-3,6-7,10H,4-5H2,1H3,(H,14,15)/t7-,10+/m1/s1. The van der Waals surface area contributed by atoms with Gasteiger partial charge in [0.2, 0.25) is 5.91 Å². The van der Waals surface area contributed by atoms with Crippen LogP contribution in [-0.2, 0) is 9.59 Å². The Labute approximate surface area is 97.5 Å². The smallest absolute Gasteiger partial charge is 0.308 e. The van der Waals surface area contributed by atoms with Gasteiger partial charge in [-0.15, -0.1) is 11.3 Å². The van der Waals surface area contributed by atoms with Crippen molar-refractivity contribution in [2.24, 2.45) is 5.92 Å². The number of amides is 1. The molecule has 2 heterocycles. The van der Waals surface area contributed by atoms with Gasteiger partial charge in [-0.2, -0.15) is 0 Å². The largest absolute Gasteiger partial charge is 0.481 e. The minimum atomic E-state index is -0.822. The van der Waals surface area contributed by atoms with Crippen LogP contribution < -0.4 is 0 Å². The van der Waals surface area contributed by atoms with Gasteiger partial charge in [0.15, 0.2) is 0 Å². The number of carbonyl (C=O) groups is 2. The zero-order valence-corrected chi connectivity index (χ0v) is 9.74. The summed E-state index contributed by atoms with van der Waals surface area (Å²) in [5.74, 6) is -1.28. The van der Waals surface area contributed by atoms with E-state index in [-0.39, 0.29) is 11.9 Å². The molecule has 1 amide bonds. The first-order valence-corrected chi connectivity index (χ1v) is 6.01. The van der Waals surface area contributed by atoms with Crippen molar-refractivity contribution in [2.45, 2.75) is 18.9 Å². The Hall–Kier alpha value is -1.36. The van der Waals surface area contributed by atoms with E-state index in [2.05, 4.69) is 0 Å². The molecule has 0 bridgehead atoms. The molecule has 86 valence electrons. The maximum absolute atomic E-state index is 11.6. The molecule has 1 aromatic heterocycles. The molecule has 1 aromatic rings. The predicted molar refractivity (Wildman–Crippen MR) is 60.2 cm³/mol. The first-order valence-electron chi connectivity index (χ1n) is 5.13. The lowest BCUT2D eigenvalue weighted by Gasteiger charge is -2.36. The maximum atomic E-state index is 11.6. The fraction of sp³-hybridized carbons (Fsp3) is 0.455. The lowest BCUT2D eigenvalue weighted by molar-refractivity contribution is -0.150. The molecule has 0 spiro atoms. The van der Waals surface area contributed by atoms with E-state index < -0.39 is 11.9 Å². The first kappa shape index (κ1) is 11.1. The van der Waals surface area contributed by atoms with Gasteiger partial charge in [0.1, 0.15) is 0 Å². The van der Waals surface area contributed by atoms with Gasteiger partial charge in [-0.3, -0.25) is 9.59 Å². The molecule has 1 saturated heterocycles. The maximum Gasteiger partial charge on any atom is 0.308 e. The summed E-state index contributed by atoms with van der Waals surface area (Å²) in [4.78, 5) is 25.3. The van der Waals surface area contributed by atoms with Gasteiger partial charge >= 0.3 is 5.97 Å². The third kappa shape index (κ3) is 1.82. The number of carbonyl (C=O) groups excluding carboxylic acids is 1. The molecule has 5 heteroatoms.